The second kappa shape index (κ2) is 13.1. The van der Waals surface area contributed by atoms with Gasteiger partial charge in [-0.2, -0.15) is 13.2 Å². The van der Waals surface area contributed by atoms with Gasteiger partial charge in [-0.15, -0.1) is 11.0 Å². The summed E-state index contributed by atoms with van der Waals surface area (Å²) in [7, 11) is 0. The van der Waals surface area contributed by atoms with Gasteiger partial charge in [0.05, 0.1) is 32.8 Å². The highest BCUT2D eigenvalue weighted by Gasteiger charge is 2.51. The van der Waals surface area contributed by atoms with Crippen LogP contribution in [0.3, 0.4) is 0 Å². The summed E-state index contributed by atoms with van der Waals surface area (Å²) in [5.41, 5.74) is -1.64. The number of carbonyl (C=O) groups is 1. The first kappa shape index (κ1) is 29.5. The van der Waals surface area contributed by atoms with E-state index in [9.17, 15) is 27.6 Å². The number of hydrogen-bond acceptors (Lipinski definition) is 10. The molecule has 0 amide bonds. The van der Waals surface area contributed by atoms with Gasteiger partial charge in [-0.05, 0) is 20.8 Å². The lowest BCUT2D eigenvalue weighted by Crippen LogP contribution is -2.61. The van der Waals surface area contributed by atoms with Crippen LogP contribution in [0.2, 0.25) is 0 Å². The zero-order valence-corrected chi connectivity index (χ0v) is 21.7. The Balaban J connectivity index is 2.27. The van der Waals surface area contributed by atoms with Crippen molar-refractivity contribution < 1.29 is 32.3 Å². The number of nitrogens with one attached hydrogen (secondary N) is 1. The first-order chi connectivity index (χ1) is 18.2. The molecule has 0 aliphatic carbocycles. The van der Waals surface area contributed by atoms with Crippen LogP contribution < -0.4 is 26.5 Å². The monoisotopic (exact) mass is 546 g/mol. The standard InChI is InChI=1S/C23H33F3N6O6/c1-4-7-10-29-17-18(30(13-15-36-5-2)22(35)31(19(17)33)14-16-37-6-3)32(38-20(34)23(24,25)26)21(29)28-11-8-27-9-12-28/h21,27H,5-6,8-16H2,1-3H3. The highest BCUT2D eigenvalue weighted by Crippen LogP contribution is 2.38. The summed E-state index contributed by atoms with van der Waals surface area (Å²) in [4.78, 5) is 47.5. The van der Waals surface area contributed by atoms with Gasteiger partial charge in [-0.25, -0.2) is 9.59 Å². The molecule has 15 heteroatoms. The number of aromatic nitrogens is 2. The molecule has 3 heterocycles. The molecule has 2 aliphatic heterocycles. The van der Waals surface area contributed by atoms with Crippen LogP contribution >= 0.6 is 0 Å². The first-order valence-corrected chi connectivity index (χ1v) is 12.4. The lowest BCUT2D eigenvalue weighted by Gasteiger charge is -2.40. The van der Waals surface area contributed by atoms with Crippen molar-refractivity contribution >= 4 is 17.5 Å². The molecule has 1 aromatic heterocycles. The summed E-state index contributed by atoms with van der Waals surface area (Å²) in [6.45, 7) is 7.40. The highest BCUT2D eigenvalue weighted by atomic mass is 19.4. The normalized spacial score (nSPS) is 17.8. The fraction of sp³-hybridized carbons (Fsp3) is 0.696. The second-order valence-corrected chi connectivity index (χ2v) is 8.35. The fourth-order valence-corrected chi connectivity index (χ4v) is 4.31. The third kappa shape index (κ3) is 6.32. The van der Waals surface area contributed by atoms with Crippen molar-refractivity contribution in [2.75, 3.05) is 69.1 Å². The number of fused-ring (bicyclic) bond motifs is 1. The van der Waals surface area contributed by atoms with Crippen molar-refractivity contribution in [3.8, 4) is 11.8 Å². The number of halogens is 3. The minimum Gasteiger partial charge on any atom is -0.380 e. The Morgan fingerprint density at radius 2 is 1.66 bits per heavy atom. The van der Waals surface area contributed by atoms with E-state index in [1.807, 2.05) is 0 Å². The number of piperazine rings is 1. The van der Waals surface area contributed by atoms with E-state index in [1.54, 1.807) is 25.7 Å². The molecule has 1 atom stereocenters. The summed E-state index contributed by atoms with van der Waals surface area (Å²) >= 11 is 0. The van der Waals surface area contributed by atoms with Crippen molar-refractivity contribution in [3.63, 3.8) is 0 Å². The summed E-state index contributed by atoms with van der Waals surface area (Å²) in [5, 5.41) is 3.87. The maximum Gasteiger partial charge on any atom is 0.493 e. The zero-order valence-electron chi connectivity index (χ0n) is 21.7. The van der Waals surface area contributed by atoms with Gasteiger partial charge in [0.1, 0.15) is 0 Å². The minimum absolute atomic E-state index is 0.0284. The van der Waals surface area contributed by atoms with Crippen LogP contribution in [-0.2, 0) is 32.2 Å². The Labute approximate surface area is 217 Å². The molecule has 1 aromatic rings. The van der Waals surface area contributed by atoms with Gasteiger partial charge in [0, 0.05) is 39.4 Å². The molecule has 0 aromatic carbocycles. The molecule has 1 saturated heterocycles. The van der Waals surface area contributed by atoms with Crippen molar-refractivity contribution in [2.24, 2.45) is 0 Å². The number of carbonyl (C=O) groups excluding carboxylic acids is 1. The average molecular weight is 547 g/mol. The summed E-state index contributed by atoms with van der Waals surface area (Å²) in [6.07, 6.45) is -6.46. The molecular weight excluding hydrogens is 513 g/mol. The number of hydrogen-bond donors (Lipinski definition) is 1. The summed E-state index contributed by atoms with van der Waals surface area (Å²) in [6, 6.07) is 0. The number of anilines is 2. The molecule has 0 bridgehead atoms. The molecular formula is C23H33F3N6O6. The van der Waals surface area contributed by atoms with Crippen LogP contribution in [0.25, 0.3) is 0 Å². The smallest absolute Gasteiger partial charge is 0.380 e. The zero-order chi connectivity index (χ0) is 27.9. The molecule has 12 nitrogen and oxygen atoms in total. The van der Waals surface area contributed by atoms with E-state index in [-0.39, 0.29) is 44.4 Å². The van der Waals surface area contributed by atoms with Crippen LogP contribution in [0.4, 0.5) is 24.7 Å². The number of hydroxylamine groups is 1. The number of alkyl halides is 3. The van der Waals surface area contributed by atoms with E-state index in [0.717, 1.165) is 14.2 Å². The SMILES string of the molecule is CC#CCN1c2c(n(CCOCC)c(=O)n(CCOCC)c2=O)N(OC(=O)C(F)(F)F)C1N1CCNCC1. The third-order valence-corrected chi connectivity index (χ3v) is 6.01. The van der Waals surface area contributed by atoms with Crippen molar-refractivity contribution in [1.29, 1.82) is 0 Å². The van der Waals surface area contributed by atoms with Crippen molar-refractivity contribution in [2.45, 2.75) is 46.3 Å². The van der Waals surface area contributed by atoms with Crippen LogP contribution in [0, 0.1) is 11.8 Å². The van der Waals surface area contributed by atoms with Gasteiger partial charge >= 0.3 is 17.8 Å². The fourth-order valence-electron chi connectivity index (χ4n) is 4.31. The summed E-state index contributed by atoms with van der Waals surface area (Å²) < 4.78 is 52.9. The molecule has 3 rings (SSSR count). The molecule has 38 heavy (non-hydrogen) atoms. The Morgan fingerprint density at radius 3 is 2.21 bits per heavy atom. The lowest BCUT2D eigenvalue weighted by molar-refractivity contribution is -0.203. The Hall–Kier alpha value is -3.06. The third-order valence-electron chi connectivity index (χ3n) is 6.01. The molecule has 2 aliphatic rings. The van der Waals surface area contributed by atoms with Gasteiger partial charge in [-0.3, -0.25) is 18.8 Å². The molecule has 212 valence electrons. The van der Waals surface area contributed by atoms with E-state index in [0.29, 0.717) is 39.4 Å². The Bertz CT molecular complexity index is 1150. The molecule has 0 spiro atoms. The predicted molar refractivity (Wildman–Crippen MR) is 132 cm³/mol. The van der Waals surface area contributed by atoms with Crippen LogP contribution in [-0.4, -0.2) is 91.6 Å². The quantitative estimate of drug-likeness (QED) is 0.300. The predicted octanol–water partition coefficient (Wildman–Crippen LogP) is -0.0580. The van der Waals surface area contributed by atoms with Gasteiger partial charge < -0.3 is 24.5 Å². The summed E-state index contributed by atoms with van der Waals surface area (Å²) in [5.74, 6) is 2.84. The van der Waals surface area contributed by atoms with E-state index in [1.165, 1.54) is 4.90 Å². The van der Waals surface area contributed by atoms with Gasteiger partial charge in [0.2, 0.25) is 0 Å². The maximum absolute atomic E-state index is 13.7. The van der Waals surface area contributed by atoms with E-state index in [4.69, 9.17) is 14.3 Å². The van der Waals surface area contributed by atoms with Crippen molar-refractivity contribution in [1.82, 2.24) is 19.4 Å². The number of rotatable bonds is 11. The van der Waals surface area contributed by atoms with Crippen LogP contribution in [0.5, 0.6) is 0 Å². The van der Waals surface area contributed by atoms with E-state index >= 15 is 0 Å². The van der Waals surface area contributed by atoms with Gasteiger partial charge in [-0.1, -0.05) is 5.92 Å². The molecule has 1 unspecified atom stereocenters. The number of nitrogens with zero attached hydrogens (tertiary/aromatic N) is 5. The topological polar surface area (TPSA) is 111 Å². The second-order valence-electron chi connectivity index (χ2n) is 8.35. The van der Waals surface area contributed by atoms with E-state index < -0.39 is 29.7 Å². The maximum atomic E-state index is 13.7. The van der Waals surface area contributed by atoms with Crippen LogP contribution in [0.1, 0.15) is 20.8 Å². The number of ether oxygens (including phenoxy) is 2. The lowest BCUT2D eigenvalue weighted by atomic mass is 10.3. The van der Waals surface area contributed by atoms with Gasteiger partial charge in [0.25, 0.3) is 5.56 Å². The highest BCUT2D eigenvalue weighted by molar-refractivity contribution is 5.80. The van der Waals surface area contributed by atoms with E-state index in [2.05, 4.69) is 17.2 Å². The average Bonchev–Trinajstić information content (AvgIpc) is 3.20. The molecule has 1 N–H and O–H groups in total. The first-order valence-electron chi connectivity index (χ1n) is 12.4. The van der Waals surface area contributed by atoms with Crippen molar-refractivity contribution in [3.05, 3.63) is 20.8 Å². The largest absolute Gasteiger partial charge is 0.493 e. The minimum atomic E-state index is -5.31. The molecule has 0 saturated carbocycles. The molecule has 0 radical (unpaired) electrons. The van der Waals surface area contributed by atoms with Gasteiger partial charge in [0.15, 0.2) is 17.8 Å². The Morgan fingerprint density at radius 1 is 1.05 bits per heavy atom. The Kier molecular flexibility index (Phi) is 10.2. The molecule has 1 fully saturated rings. The van der Waals surface area contributed by atoms with Crippen LogP contribution in [0.15, 0.2) is 9.59 Å².